The predicted octanol–water partition coefficient (Wildman–Crippen LogP) is 1.55. The summed E-state index contributed by atoms with van der Waals surface area (Å²) in [6.07, 6.45) is 4.58. The molecule has 0 aromatic carbocycles. The van der Waals surface area contributed by atoms with Crippen LogP contribution in [-0.2, 0) is 9.59 Å². The molecule has 0 saturated carbocycles. The molecule has 0 aromatic heterocycles. The highest BCUT2D eigenvalue weighted by molar-refractivity contribution is 5.88. The fraction of sp³-hybridized carbons (Fsp3) is 0.857. The molecule has 0 radical (unpaired) electrons. The van der Waals surface area contributed by atoms with Gasteiger partial charge in [-0.15, -0.1) is 0 Å². The molecule has 1 aliphatic heterocycles. The van der Waals surface area contributed by atoms with Gasteiger partial charge in [-0.3, -0.25) is 9.69 Å². The maximum atomic E-state index is 11.5. The summed E-state index contributed by atoms with van der Waals surface area (Å²) in [7, 11) is 0. The number of nitrogens with zero attached hydrogens (tertiary/aromatic N) is 2. The van der Waals surface area contributed by atoms with Gasteiger partial charge in [0.05, 0.1) is 6.42 Å². The van der Waals surface area contributed by atoms with E-state index in [1.54, 1.807) is 4.90 Å². The molecule has 0 unspecified atom stereocenters. The molecule has 1 saturated heterocycles. The molecule has 0 N–H and O–H groups in total. The molecule has 1 amide bonds. The van der Waals surface area contributed by atoms with Crippen LogP contribution in [0.1, 0.15) is 39.5 Å². The Labute approximate surface area is 110 Å². The van der Waals surface area contributed by atoms with E-state index in [2.05, 4.69) is 18.7 Å². The minimum absolute atomic E-state index is 0.0237. The Hall–Kier alpha value is -0.900. The third-order valence-corrected chi connectivity index (χ3v) is 3.49. The van der Waals surface area contributed by atoms with Crippen LogP contribution >= 0.6 is 0 Å². The molecule has 18 heavy (non-hydrogen) atoms. The van der Waals surface area contributed by atoms with Crippen molar-refractivity contribution in [2.75, 3.05) is 32.7 Å². The molecular weight excluding hydrogens is 228 g/mol. The summed E-state index contributed by atoms with van der Waals surface area (Å²) in [6.45, 7) is 9.11. The highest BCUT2D eigenvalue weighted by atomic mass is 16.2. The van der Waals surface area contributed by atoms with Crippen molar-refractivity contribution in [2.24, 2.45) is 5.92 Å². The fourth-order valence-electron chi connectivity index (χ4n) is 2.31. The highest BCUT2D eigenvalue weighted by Crippen LogP contribution is 2.09. The van der Waals surface area contributed by atoms with E-state index in [4.69, 9.17) is 0 Å². The lowest BCUT2D eigenvalue weighted by atomic mass is 10.1. The Morgan fingerprint density at radius 2 is 1.83 bits per heavy atom. The first kappa shape index (κ1) is 15.2. The van der Waals surface area contributed by atoms with Crippen LogP contribution in [0.25, 0.3) is 0 Å². The van der Waals surface area contributed by atoms with Crippen LogP contribution in [0, 0.1) is 5.92 Å². The number of hydrogen-bond donors (Lipinski definition) is 0. The number of hydrogen-bond acceptors (Lipinski definition) is 3. The van der Waals surface area contributed by atoms with Crippen LogP contribution in [0.5, 0.6) is 0 Å². The second kappa shape index (κ2) is 8.25. The van der Waals surface area contributed by atoms with E-state index in [1.165, 1.54) is 19.3 Å². The summed E-state index contributed by atoms with van der Waals surface area (Å²) in [5.41, 5.74) is 0. The minimum atomic E-state index is -0.0237. The monoisotopic (exact) mass is 254 g/mol. The zero-order chi connectivity index (χ0) is 13.4. The van der Waals surface area contributed by atoms with Crippen molar-refractivity contribution in [3.63, 3.8) is 0 Å². The molecule has 0 aromatic rings. The molecule has 1 fully saturated rings. The summed E-state index contributed by atoms with van der Waals surface area (Å²) < 4.78 is 0. The lowest BCUT2D eigenvalue weighted by Crippen LogP contribution is -2.48. The number of piperazine rings is 1. The molecule has 4 heteroatoms. The predicted molar refractivity (Wildman–Crippen MR) is 72.4 cm³/mol. The van der Waals surface area contributed by atoms with Gasteiger partial charge in [-0.1, -0.05) is 26.7 Å². The standard InChI is InChI=1S/C14H26N2O2/c1-13(2)5-3-4-7-15-8-10-16(11-9-15)14(18)6-12-17/h12-13H,3-11H2,1-2H3. The normalized spacial score (nSPS) is 17.2. The molecular formula is C14H26N2O2. The van der Waals surface area contributed by atoms with Gasteiger partial charge in [-0.05, 0) is 18.9 Å². The lowest BCUT2D eigenvalue weighted by molar-refractivity contribution is -0.134. The number of carbonyl (C=O) groups excluding carboxylic acids is 2. The number of carbonyl (C=O) groups is 2. The van der Waals surface area contributed by atoms with E-state index in [9.17, 15) is 9.59 Å². The third kappa shape index (κ3) is 5.63. The van der Waals surface area contributed by atoms with Gasteiger partial charge in [-0.2, -0.15) is 0 Å². The highest BCUT2D eigenvalue weighted by Gasteiger charge is 2.19. The maximum absolute atomic E-state index is 11.5. The average molecular weight is 254 g/mol. The molecule has 1 heterocycles. The van der Waals surface area contributed by atoms with Gasteiger partial charge in [-0.25, -0.2) is 0 Å². The molecule has 0 bridgehead atoms. The fourth-order valence-corrected chi connectivity index (χ4v) is 2.31. The van der Waals surface area contributed by atoms with E-state index in [0.29, 0.717) is 6.29 Å². The largest absolute Gasteiger partial charge is 0.340 e. The Morgan fingerprint density at radius 1 is 1.17 bits per heavy atom. The summed E-state index contributed by atoms with van der Waals surface area (Å²) >= 11 is 0. The van der Waals surface area contributed by atoms with Crippen LogP contribution in [0.4, 0.5) is 0 Å². The van der Waals surface area contributed by atoms with Crippen LogP contribution in [0.2, 0.25) is 0 Å². The van der Waals surface area contributed by atoms with E-state index in [-0.39, 0.29) is 12.3 Å². The second-order valence-corrected chi connectivity index (χ2v) is 5.48. The zero-order valence-electron chi connectivity index (χ0n) is 11.7. The first-order valence-corrected chi connectivity index (χ1v) is 7.07. The molecule has 104 valence electrons. The van der Waals surface area contributed by atoms with E-state index in [0.717, 1.165) is 38.6 Å². The van der Waals surface area contributed by atoms with E-state index < -0.39 is 0 Å². The minimum Gasteiger partial charge on any atom is -0.340 e. The van der Waals surface area contributed by atoms with E-state index in [1.807, 2.05) is 0 Å². The third-order valence-electron chi connectivity index (χ3n) is 3.49. The first-order chi connectivity index (χ1) is 8.63. The lowest BCUT2D eigenvalue weighted by Gasteiger charge is -2.34. The van der Waals surface area contributed by atoms with Crippen molar-refractivity contribution in [1.29, 1.82) is 0 Å². The van der Waals surface area contributed by atoms with Gasteiger partial charge in [0.2, 0.25) is 5.91 Å². The molecule has 1 rings (SSSR count). The molecule has 4 nitrogen and oxygen atoms in total. The zero-order valence-corrected chi connectivity index (χ0v) is 11.7. The molecule has 0 atom stereocenters. The Balaban J connectivity index is 2.11. The average Bonchev–Trinajstić information content (AvgIpc) is 2.35. The topological polar surface area (TPSA) is 40.6 Å². The van der Waals surface area contributed by atoms with Crippen LogP contribution in [0.15, 0.2) is 0 Å². The van der Waals surface area contributed by atoms with Crippen molar-refractivity contribution in [3.05, 3.63) is 0 Å². The van der Waals surface area contributed by atoms with Gasteiger partial charge in [0.25, 0.3) is 0 Å². The molecule has 1 aliphatic rings. The second-order valence-electron chi connectivity index (χ2n) is 5.48. The van der Waals surface area contributed by atoms with Crippen molar-refractivity contribution < 1.29 is 9.59 Å². The summed E-state index contributed by atoms with van der Waals surface area (Å²) in [5, 5.41) is 0. The van der Waals surface area contributed by atoms with Crippen molar-refractivity contribution >= 4 is 12.2 Å². The maximum Gasteiger partial charge on any atom is 0.229 e. The smallest absolute Gasteiger partial charge is 0.229 e. The Morgan fingerprint density at radius 3 is 2.39 bits per heavy atom. The number of aldehydes is 1. The number of unbranched alkanes of at least 4 members (excludes halogenated alkanes) is 1. The quantitative estimate of drug-likeness (QED) is 0.393. The number of rotatable bonds is 7. The van der Waals surface area contributed by atoms with Gasteiger partial charge in [0.15, 0.2) is 0 Å². The Kier molecular flexibility index (Phi) is 6.94. The SMILES string of the molecule is CC(C)CCCCN1CCN(C(=O)CC=O)CC1. The van der Waals surface area contributed by atoms with Crippen LogP contribution in [0.3, 0.4) is 0 Å². The van der Waals surface area contributed by atoms with E-state index >= 15 is 0 Å². The summed E-state index contributed by atoms with van der Waals surface area (Å²) in [5.74, 6) is 0.771. The first-order valence-electron chi connectivity index (χ1n) is 7.07. The number of amides is 1. The van der Waals surface area contributed by atoms with Gasteiger partial charge < -0.3 is 9.69 Å². The van der Waals surface area contributed by atoms with Crippen LogP contribution in [-0.4, -0.2) is 54.7 Å². The molecule has 0 spiro atoms. The molecule has 0 aliphatic carbocycles. The van der Waals surface area contributed by atoms with Gasteiger partial charge in [0.1, 0.15) is 6.29 Å². The van der Waals surface area contributed by atoms with Crippen molar-refractivity contribution in [3.8, 4) is 0 Å². The summed E-state index contributed by atoms with van der Waals surface area (Å²) in [6, 6.07) is 0. The van der Waals surface area contributed by atoms with Crippen LogP contribution < -0.4 is 0 Å². The van der Waals surface area contributed by atoms with Gasteiger partial charge in [0, 0.05) is 26.2 Å². The van der Waals surface area contributed by atoms with Crippen molar-refractivity contribution in [2.45, 2.75) is 39.5 Å². The van der Waals surface area contributed by atoms with Gasteiger partial charge >= 0.3 is 0 Å². The summed E-state index contributed by atoms with van der Waals surface area (Å²) in [4.78, 5) is 26.0. The Bertz CT molecular complexity index is 259. The van der Waals surface area contributed by atoms with Crippen molar-refractivity contribution in [1.82, 2.24) is 9.80 Å².